The van der Waals surface area contributed by atoms with Crippen LogP contribution < -0.4 is 9.47 Å². The van der Waals surface area contributed by atoms with Gasteiger partial charge in [-0.3, -0.25) is 9.59 Å². The van der Waals surface area contributed by atoms with E-state index in [0.29, 0.717) is 52.7 Å². The van der Waals surface area contributed by atoms with Gasteiger partial charge >= 0.3 is 0 Å². The van der Waals surface area contributed by atoms with E-state index < -0.39 is 23.5 Å². The van der Waals surface area contributed by atoms with Gasteiger partial charge in [-0.1, -0.05) is 30.7 Å². The fourth-order valence-electron chi connectivity index (χ4n) is 4.32. The molecule has 3 aromatic rings. The molecule has 8 nitrogen and oxygen atoms in total. The number of hydrogen-bond acceptors (Lipinski definition) is 7. The third kappa shape index (κ3) is 4.92. The summed E-state index contributed by atoms with van der Waals surface area (Å²) in [6, 6.07) is 11.1. The number of ether oxygens (including phenoxy) is 3. The first-order valence-electron chi connectivity index (χ1n) is 11.7. The number of aliphatic hydroxyl groups excluding tert-OH is 1. The van der Waals surface area contributed by atoms with Crippen molar-refractivity contribution < 1.29 is 33.3 Å². The fraction of sp³-hybridized carbons (Fsp3) is 0.333. The van der Waals surface area contributed by atoms with Crippen LogP contribution in [0.1, 0.15) is 41.9 Å². The molecule has 2 aromatic carbocycles. The van der Waals surface area contributed by atoms with Gasteiger partial charge in [0.25, 0.3) is 5.91 Å². The minimum Gasteiger partial charge on any atom is -0.503 e. The number of hydrogen-bond donors (Lipinski definition) is 1. The molecule has 1 atom stereocenters. The second-order valence-electron chi connectivity index (χ2n) is 8.40. The molecule has 1 aromatic heterocycles. The highest BCUT2D eigenvalue weighted by molar-refractivity contribution is 6.31. The lowest BCUT2D eigenvalue weighted by molar-refractivity contribution is -0.129. The smallest absolute Gasteiger partial charge is 0.290 e. The Morgan fingerprint density at radius 1 is 1.17 bits per heavy atom. The van der Waals surface area contributed by atoms with E-state index in [1.54, 1.807) is 37.4 Å². The van der Waals surface area contributed by atoms with Gasteiger partial charge in [-0.2, -0.15) is 0 Å². The van der Waals surface area contributed by atoms with Crippen LogP contribution in [-0.2, 0) is 9.53 Å². The number of benzene rings is 2. The average Bonchev–Trinajstić information content (AvgIpc) is 3.41. The normalized spacial score (nSPS) is 15.7. The summed E-state index contributed by atoms with van der Waals surface area (Å²) in [5, 5.41) is 11.9. The van der Waals surface area contributed by atoms with Gasteiger partial charge in [-0.15, -0.1) is 0 Å². The van der Waals surface area contributed by atoms with E-state index >= 15 is 0 Å². The summed E-state index contributed by atoms with van der Waals surface area (Å²) in [4.78, 5) is 28.4. The van der Waals surface area contributed by atoms with Crippen LogP contribution >= 0.6 is 11.6 Å². The van der Waals surface area contributed by atoms with Crippen molar-refractivity contribution >= 4 is 34.3 Å². The monoisotopic (exact) mass is 513 g/mol. The molecule has 0 radical (unpaired) electrons. The zero-order chi connectivity index (χ0) is 25.8. The molecule has 0 spiro atoms. The van der Waals surface area contributed by atoms with Crippen LogP contribution in [0.2, 0.25) is 5.02 Å². The summed E-state index contributed by atoms with van der Waals surface area (Å²) >= 11 is 6.17. The predicted molar refractivity (Wildman–Crippen MR) is 135 cm³/mol. The Morgan fingerprint density at radius 3 is 2.69 bits per heavy atom. The molecule has 0 saturated heterocycles. The minimum atomic E-state index is -0.828. The molecule has 9 heteroatoms. The lowest BCUT2D eigenvalue weighted by Crippen LogP contribution is -2.32. The molecule has 0 saturated carbocycles. The first kappa shape index (κ1) is 25.6. The van der Waals surface area contributed by atoms with Crippen molar-refractivity contribution in [2.45, 2.75) is 25.8 Å². The fourth-order valence-corrected chi connectivity index (χ4v) is 4.54. The minimum absolute atomic E-state index is 0.0398. The molecule has 0 fully saturated rings. The van der Waals surface area contributed by atoms with Crippen molar-refractivity contribution in [2.75, 3.05) is 34.0 Å². The van der Waals surface area contributed by atoms with Gasteiger partial charge in [-0.05, 0) is 42.7 Å². The number of carbonyl (C=O) groups is 2. The lowest BCUT2D eigenvalue weighted by atomic mass is 9.94. The highest BCUT2D eigenvalue weighted by atomic mass is 35.5. The first-order valence-corrected chi connectivity index (χ1v) is 12.0. The van der Waals surface area contributed by atoms with Crippen molar-refractivity contribution in [1.29, 1.82) is 0 Å². The van der Waals surface area contributed by atoms with Gasteiger partial charge in [0, 0.05) is 36.7 Å². The topological polar surface area (TPSA) is 98.4 Å². The number of aliphatic hydroxyl groups is 1. The number of methoxy groups -OCH3 is 2. The summed E-state index contributed by atoms with van der Waals surface area (Å²) < 4.78 is 22.1. The molecule has 1 unspecified atom stereocenters. The molecule has 2 heterocycles. The van der Waals surface area contributed by atoms with Crippen LogP contribution in [0.15, 0.2) is 58.2 Å². The maximum absolute atomic E-state index is 13.8. The highest BCUT2D eigenvalue weighted by Crippen LogP contribution is 2.41. The number of carbonyl (C=O) groups excluding carboxylic acids is 2. The Morgan fingerprint density at radius 2 is 1.97 bits per heavy atom. The molecule has 0 aliphatic carbocycles. The van der Waals surface area contributed by atoms with Gasteiger partial charge in [0.05, 0.1) is 25.3 Å². The maximum atomic E-state index is 13.8. The van der Waals surface area contributed by atoms with E-state index in [-0.39, 0.29) is 17.9 Å². The third-order valence-corrected chi connectivity index (χ3v) is 6.15. The molecule has 190 valence electrons. The number of halogens is 1. The molecule has 4 rings (SSSR count). The second kappa shape index (κ2) is 11.1. The number of furan rings is 1. The summed E-state index contributed by atoms with van der Waals surface area (Å²) in [5.74, 6) is -0.893. The average molecular weight is 514 g/mol. The number of Topliss-reactive ketones (excluding diaryl/α,β-unsaturated/α-hetero) is 1. The molecule has 1 amide bonds. The third-order valence-electron chi connectivity index (χ3n) is 5.93. The molecule has 1 N–H and O–H groups in total. The first-order chi connectivity index (χ1) is 17.4. The molecule has 0 bridgehead atoms. The van der Waals surface area contributed by atoms with E-state index in [4.69, 9.17) is 30.2 Å². The van der Waals surface area contributed by atoms with E-state index in [1.807, 2.05) is 13.0 Å². The Balaban J connectivity index is 1.78. The summed E-state index contributed by atoms with van der Waals surface area (Å²) in [6.45, 7) is 3.23. The quantitative estimate of drug-likeness (QED) is 0.267. The Kier molecular flexibility index (Phi) is 7.86. The number of nitrogens with zero attached hydrogens (tertiary/aromatic N) is 1. The van der Waals surface area contributed by atoms with Gasteiger partial charge in [0.2, 0.25) is 5.78 Å². The Labute approximate surface area is 214 Å². The van der Waals surface area contributed by atoms with Crippen LogP contribution in [-0.4, -0.2) is 55.7 Å². The molecule has 1 aliphatic rings. The Bertz CT molecular complexity index is 1310. The van der Waals surface area contributed by atoms with Gasteiger partial charge < -0.3 is 28.6 Å². The summed E-state index contributed by atoms with van der Waals surface area (Å²) in [6.07, 6.45) is 1.36. The van der Waals surface area contributed by atoms with Gasteiger partial charge in [0.15, 0.2) is 22.9 Å². The standard InChI is InChI=1S/C27H28ClNO7/c1-4-10-35-19-8-5-7-16(13-19)23-22(25(31)27(32)29(23)9-6-11-33-2)24(30)20-14-17-12-18(28)15-21(34-3)26(17)36-20/h5,7-8,12-15,23,31H,4,6,9-11H2,1-3H3. The van der Waals surface area contributed by atoms with Gasteiger partial charge in [-0.25, -0.2) is 0 Å². The zero-order valence-corrected chi connectivity index (χ0v) is 21.1. The Hall–Kier alpha value is -3.49. The zero-order valence-electron chi connectivity index (χ0n) is 20.4. The SMILES string of the molecule is CCCOc1cccc(C2C(C(=O)c3cc4cc(Cl)cc(OC)c4o3)=C(O)C(=O)N2CCCOC)c1. The summed E-state index contributed by atoms with van der Waals surface area (Å²) in [5.41, 5.74) is 0.922. The second-order valence-corrected chi connectivity index (χ2v) is 8.83. The number of ketones is 1. The van der Waals surface area contributed by atoms with E-state index in [9.17, 15) is 14.7 Å². The van der Waals surface area contributed by atoms with Crippen LogP contribution in [0, 0.1) is 0 Å². The van der Waals surface area contributed by atoms with Crippen LogP contribution in [0.25, 0.3) is 11.0 Å². The van der Waals surface area contributed by atoms with Crippen LogP contribution in [0.3, 0.4) is 0 Å². The van der Waals surface area contributed by atoms with Crippen molar-refractivity contribution in [3.8, 4) is 11.5 Å². The summed E-state index contributed by atoms with van der Waals surface area (Å²) in [7, 11) is 3.05. The number of rotatable bonds is 11. The lowest BCUT2D eigenvalue weighted by Gasteiger charge is -2.27. The number of fused-ring (bicyclic) bond motifs is 1. The number of amides is 1. The van der Waals surface area contributed by atoms with E-state index in [0.717, 1.165) is 6.42 Å². The van der Waals surface area contributed by atoms with Crippen molar-refractivity contribution in [3.63, 3.8) is 0 Å². The van der Waals surface area contributed by atoms with Gasteiger partial charge in [0.1, 0.15) is 5.75 Å². The predicted octanol–water partition coefficient (Wildman–Crippen LogP) is 5.50. The largest absolute Gasteiger partial charge is 0.503 e. The highest BCUT2D eigenvalue weighted by Gasteiger charge is 2.44. The van der Waals surface area contributed by atoms with E-state index in [2.05, 4.69) is 0 Å². The maximum Gasteiger partial charge on any atom is 0.290 e. The van der Waals surface area contributed by atoms with Crippen LogP contribution in [0.4, 0.5) is 0 Å². The van der Waals surface area contributed by atoms with Crippen molar-refractivity contribution in [1.82, 2.24) is 4.90 Å². The molecular weight excluding hydrogens is 486 g/mol. The molecule has 36 heavy (non-hydrogen) atoms. The van der Waals surface area contributed by atoms with Crippen molar-refractivity contribution in [3.05, 3.63) is 70.1 Å². The van der Waals surface area contributed by atoms with Crippen molar-refractivity contribution in [2.24, 2.45) is 0 Å². The van der Waals surface area contributed by atoms with E-state index in [1.165, 1.54) is 18.1 Å². The molecule has 1 aliphatic heterocycles. The van der Waals surface area contributed by atoms with Crippen LogP contribution in [0.5, 0.6) is 11.5 Å². The molecular formula is C27H28ClNO7.